The van der Waals surface area contributed by atoms with Gasteiger partial charge in [0.25, 0.3) is 0 Å². The highest BCUT2D eigenvalue weighted by molar-refractivity contribution is 7.11. The van der Waals surface area contributed by atoms with Gasteiger partial charge in [-0.25, -0.2) is 4.79 Å². The first-order chi connectivity index (χ1) is 9.08. The fourth-order valence-corrected chi connectivity index (χ4v) is 2.25. The van der Waals surface area contributed by atoms with Crippen LogP contribution in [-0.2, 0) is 4.74 Å². The maximum atomic E-state index is 12.0. The Hall–Kier alpha value is -1.65. The molecule has 0 unspecified atom stereocenters. The van der Waals surface area contributed by atoms with Gasteiger partial charge in [-0.1, -0.05) is 17.7 Å². The second-order valence-corrected chi connectivity index (χ2v) is 5.28. The van der Waals surface area contributed by atoms with Crippen LogP contribution < -0.4 is 0 Å². The fraction of sp³-hybridized carbons (Fsp3) is 0.143. The Kier molecular flexibility index (Phi) is 4.35. The number of carbonyl (C=O) groups is 2. The normalized spacial score (nSPS) is 11.9. The topological polar surface area (TPSA) is 43.4 Å². The van der Waals surface area contributed by atoms with Crippen molar-refractivity contribution in [1.29, 1.82) is 0 Å². The molecule has 0 saturated heterocycles. The third kappa shape index (κ3) is 3.43. The van der Waals surface area contributed by atoms with Gasteiger partial charge in [0.05, 0.1) is 0 Å². The fourth-order valence-electron chi connectivity index (χ4n) is 1.52. The molecule has 0 aliphatic rings. The SMILES string of the molecule is C[C@H](OC(=O)c1cccs1)C(=O)c1ccc(Cl)cc1. The van der Waals surface area contributed by atoms with E-state index in [0.29, 0.717) is 15.5 Å². The molecule has 1 atom stereocenters. The summed E-state index contributed by atoms with van der Waals surface area (Å²) in [5.74, 6) is -0.730. The lowest BCUT2D eigenvalue weighted by atomic mass is 10.1. The molecule has 0 radical (unpaired) electrons. The third-order valence-corrected chi connectivity index (χ3v) is 3.61. The largest absolute Gasteiger partial charge is 0.450 e. The van der Waals surface area contributed by atoms with E-state index in [1.165, 1.54) is 11.3 Å². The second-order valence-electron chi connectivity index (χ2n) is 3.90. The van der Waals surface area contributed by atoms with Gasteiger partial charge < -0.3 is 4.74 Å². The number of carbonyl (C=O) groups excluding carboxylic acids is 2. The van der Waals surface area contributed by atoms with Crippen LogP contribution in [0.1, 0.15) is 27.0 Å². The average molecular weight is 295 g/mol. The number of ketones is 1. The number of halogens is 1. The van der Waals surface area contributed by atoms with Crippen LogP contribution in [0.3, 0.4) is 0 Å². The van der Waals surface area contributed by atoms with Crippen LogP contribution in [0.2, 0.25) is 5.02 Å². The molecule has 5 heteroatoms. The molecule has 2 rings (SSSR count). The van der Waals surface area contributed by atoms with E-state index < -0.39 is 12.1 Å². The smallest absolute Gasteiger partial charge is 0.349 e. The molecule has 1 aromatic heterocycles. The van der Waals surface area contributed by atoms with Gasteiger partial charge in [0.2, 0.25) is 5.78 Å². The summed E-state index contributed by atoms with van der Waals surface area (Å²) in [6.07, 6.45) is -0.823. The Morgan fingerprint density at radius 3 is 2.47 bits per heavy atom. The van der Waals surface area contributed by atoms with E-state index in [4.69, 9.17) is 16.3 Å². The summed E-state index contributed by atoms with van der Waals surface area (Å²) in [7, 11) is 0. The number of esters is 1. The summed E-state index contributed by atoms with van der Waals surface area (Å²) < 4.78 is 5.13. The van der Waals surface area contributed by atoms with E-state index in [0.717, 1.165) is 0 Å². The highest BCUT2D eigenvalue weighted by Gasteiger charge is 2.20. The number of hydrogen-bond acceptors (Lipinski definition) is 4. The van der Waals surface area contributed by atoms with Crippen molar-refractivity contribution in [1.82, 2.24) is 0 Å². The predicted molar refractivity (Wildman–Crippen MR) is 75.0 cm³/mol. The van der Waals surface area contributed by atoms with E-state index in [9.17, 15) is 9.59 Å². The molecule has 0 saturated carbocycles. The molecule has 0 amide bonds. The lowest BCUT2D eigenvalue weighted by Crippen LogP contribution is -2.24. The quantitative estimate of drug-likeness (QED) is 0.636. The van der Waals surface area contributed by atoms with Gasteiger partial charge in [0.1, 0.15) is 4.88 Å². The van der Waals surface area contributed by atoms with Crippen molar-refractivity contribution in [2.75, 3.05) is 0 Å². The van der Waals surface area contributed by atoms with Crippen molar-refractivity contribution < 1.29 is 14.3 Å². The van der Waals surface area contributed by atoms with E-state index in [2.05, 4.69) is 0 Å². The zero-order valence-electron chi connectivity index (χ0n) is 10.1. The number of benzene rings is 1. The van der Waals surface area contributed by atoms with Gasteiger partial charge in [0, 0.05) is 10.6 Å². The van der Waals surface area contributed by atoms with Crippen molar-refractivity contribution >= 4 is 34.7 Å². The maximum Gasteiger partial charge on any atom is 0.349 e. The minimum Gasteiger partial charge on any atom is -0.450 e. The Bertz CT molecular complexity index is 575. The molecule has 0 bridgehead atoms. The van der Waals surface area contributed by atoms with E-state index >= 15 is 0 Å². The number of rotatable bonds is 4. The van der Waals surface area contributed by atoms with Crippen LogP contribution in [0, 0.1) is 0 Å². The highest BCUT2D eigenvalue weighted by atomic mass is 35.5. The first-order valence-electron chi connectivity index (χ1n) is 5.62. The maximum absolute atomic E-state index is 12.0. The number of Topliss-reactive ketones (excluding diaryl/α,β-unsaturated/α-hetero) is 1. The number of hydrogen-bond donors (Lipinski definition) is 0. The van der Waals surface area contributed by atoms with E-state index in [1.54, 1.807) is 48.7 Å². The minimum absolute atomic E-state index is 0.249. The highest BCUT2D eigenvalue weighted by Crippen LogP contribution is 2.15. The molecule has 98 valence electrons. The Morgan fingerprint density at radius 2 is 1.89 bits per heavy atom. The Labute approximate surface area is 119 Å². The first kappa shape index (κ1) is 13.8. The molecule has 2 aromatic rings. The van der Waals surface area contributed by atoms with Crippen LogP contribution in [-0.4, -0.2) is 17.9 Å². The molecule has 3 nitrogen and oxygen atoms in total. The van der Waals surface area contributed by atoms with Crippen LogP contribution in [0.15, 0.2) is 41.8 Å². The van der Waals surface area contributed by atoms with E-state index in [-0.39, 0.29) is 5.78 Å². The minimum atomic E-state index is -0.823. The molecular formula is C14H11ClO3S. The van der Waals surface area contributed by atoms with Crippen LogP contribution in [0.5, 0.6) is 0 Å². The van der Waals surface area contributed by atoms with Gasteiger partial charge in [-0.15, -0.1) is 11.3 Å². The van der Waals surface area contributed by atoms with Gasteiger partial charge in [-0.3, -0.25) is 4.79 Å². The van der Waals surface area contributed by atoms with Crippen molar-refractivity contribution in [2.45, 2.75) is 13.0 Å². The predicted octanol–water partition coefficient (Wildman–Crippen LogP) is 3.83. The zero-order valence-corrected chi connectivity index (χ0v) is 11.7. The van der Waals surface area contributed by atoms with Crippen LogP contribution in [0.4, 0.5) is 0 Å². The Morgan fingerprint density at radius 1 is 1.21 bits per heavy atom. The summed E-state index contributed by atoms with van der Waals surface area (Å²) in [6, 6.07) is 9.89. The lowest BCUT2D eigenvalue weighted by molar-refractivity contribution is 0.0323. The van der Waals surface area contributed by atoms with E-state index in [1.807, 2.05) is 0 Å². The van der Waals surface area contributed by atoms with Crippen molar-refractivity contribution in [3.05, 3.63) is 57.2 Å². The monoisotopic (exact) mass is 294 g/mol. The van der Waals surface area contributed by atoms with Crippen molar-refractivity contribution in [3.63, 3.8) is 0 Å². The molecule has 1 heterocycles. The van der Waals surface area contributed by atoms with Gasteiger partial charge in [0.15, 0.2) is 6.10 Å². The summed E-state index contributed by atoms with van der Waals surface area (Å²) in [5.41, 5.74) is 0.468. The summed E-state index contributed by atoms with van der Waals surface area (Å²) >= 11 is 7.03. The molecule has 0 spiro atoms. The average Bonchev–Trinajstić information content (AvgIpc) is 2.92. The summed E-state index contributed by atoms with van der Waals surface area (Å²) in [4.78, 5) is 24.2. The number of ether oxygens (including phenoxy) is 1. The lowest BCUT2D eigenvalue weighted by Gasteiger charge is -2.11. The number of thiophene rings is 1. The zero-order chi connectivity index (χ0) is 13.8. The first-order valence-corrected chi connectivity index (χ1v) is 6.88. The Balaban J connectivity index is 2.03. The third-order valence-electron chi connectivity index (χ3n) is 2.50. The van der Waals surface area contributed by atoms with Gasteiger partial charge in [-0.2, -0.15) is 0 Å². The summed E-state index contributed by atoms with van der Waals surface area (Å²) in [6.45, 7) is 1.56. The second kappa shape index (κ2) is 5.99. The molecular weight excluding hydrogens is 284 g/mol. The van der Waals surface area contributed by atoms with Gasteiger partial charge in [-0.05, 0) is 42.6 Å². The van der Waals surface area contributed by atoms with Crippen LogP contribution >= 0.6 is 22.9 Å². The molecule has 19 heavy (non-hydrogen) atoms. The molecule has 0 aliphatic carbocycles. The van der Waals surface area contributed by atoms with Crippen molar-refractivity contribution in [2.24, 2.45) is 0 Å². The molecule has 0 fully saturated rings. The molecule has 1 aromatic carbocycles. The van der Waals surface area contributed by atoms with Gasteiger partial charge >= 0.3 is 5.97 Å². The molecule has 0 N–H and O–H groups in total. The van der Waals surface area contributed by atoms with Crippen LogP contribution in [0.25, 0.3) is 0 Å². The van der Waals surface area contributed by atoms with Crippen molar-refractivity contribution in [3.8, 4) is 0 Å². The summed E-state index contributed by atoms with van der Waals surface area (Å²) in [5, 5.41) is 2.34. The standard InChI is InChI=1S/C14H11ClO3S/c1-9(18-14(17)12-3-2-8-19-12)13(16)10-4-6-11(15)7-5-10/h2-9H,1H3/t9-/m0/s1. The molecule has 0 aliphatic heterocycles.